The van der Waals surface area contributed by atoms with Gasteiger partial charge < -0.3 is 5.73 Å². The summed E-state index contributed by atoms with van der Waals surface area (Å²) < 4.78 is 1.70. The summed E-state index contributed by atoms with van der Waals surface area (Å²) in [6, 6.07) is 4.68. The zero-order valence-electron chi connectivity index (χ0n) is 9.68. The second-order valence-corrected chi connectivity index (χ2v) is 5.11. The second-order valence-electron chi connectivity index (χ2n) is 3.97. The summed E-state index contributed by atoms with van der Waals surface area (Å²) in [5.41, 5.74) is 6.35. The van der Waals surface area contributed by atoms with Crippen LogP contribution < -0.4 is 5.73 Å². The monoisotopic (exact) mass is 275 g/mol. The first kappa shape index (κ1) is 11.6. The first-order chi connectivity index (χ1) is 9.13. The first-order valence-electron chi connectivity index (χ1n) is 5.43. The number of rotatable bonds is 3. The summed E-state index contributed by atoms with van der Waals surface area (Å²) in [6.07, 6.45) is 3.37. The lowest BCUT2D eigenvalue weighted by Crippen LogP contribution is -2.00. The fourth-order valence-corrected chi connectivity index (χ4v) is 2.51. The van der Waals surface area contributed by atoms with E-state index < -0.39 is 4.92 Å². The molecule has 2 aromatic heterocycles. The number of nitrogens with two attached hydrogens (primary N) is 1. The second kappa shape index (κ2) is 4.32. The minimum atomic E-state index is -0.415. The molecule has 0 spiro atoms. The SMILES string of the molecule is Nc1ncc(Cn2ncc3ccc([N+](=O)[O-])cc32)s1. The van der Waals surface area contributed by atoms with Crippen LogP contribution in [-0.4, -0.2) is 19.7 Å². The van der Waals surface area contributed by atoms with E-state index in [0.717, 1.165) is 15.8 Å². The Morgan fingerprint density at radius 2 is 2.26 bits per heavy atom. The summed E-state index contributed by atoms with van der Waals surface area (Å²) >= 11 is 1.38. The van der Waals surface area contributed by atoms with Gasteiger partial charge in [-0.3, -0.25) is 14.8 Å². The molecule has 3 rings (SSSR count). The molecule has 0 amide bonds. The van der Waals surface area contributed by atoms with Gasteiger partial charge in [0, 0.05) is 28.6 Å². The molecule has 1 aromatic carbocycles. The minimum Gasteiger partial charge on any atom is -0.375 e. The summed E-state index contributed by atoms with van der Waals surface area (Å²) in [5, 5.41) is 16.4. The summed E-state index contributed by atoms with van der Waals surface area (Å²) in [4.78, 5) is 15.3. The molecular weight excluding hydrogens is 266 g/mol. The Balaban J connectivity index is 2.03. The van der Waals surface area contributed by atoms with Gasteiger partial charge in [-0.15, -0.1) is 11.3 Å². The topological polar surface area (TPSA) is 99.9 Å². The highest BCUT2D eigenvalue weighted by Crippen LogP contribution is 2.22. The highest BCUT2D eigenvalue weighted by Gasteiger charge is 2.11. The number of thiazole rings is 1. The molecule has 0 atom stereocenters. The molecule has 19 heavy (non-hydrogen) atoms. The maximum absolute atomic E-state index is 10.8. The summed E-state index contributed by atoms with van der Waals surface area (Å²) in [5.74, 6) is 0. The van der Waals surface area contributed by atoms with E-state index in [9.17, 15) is 10.1 Å². The zero-order chi connectivity index (χ0) is 13.4. The van der Waals surface area contributed by atoms with E-state index >= 15 is 0 Å². The Hall–Kier alpha value is -2.48. The number of hydrogen-bond donors (Lipinski definition) is 1. The largest absolute Gasteiger partial charge is 0.375 e. The number of nitrogens with zero attached hydrogens (tertiary/aromatic N) is 4. The average Bonchev–Trinajstić information content (AvgIpc) is 2.96. The van der Waals surface area contributed by atoms with E-state index in [1.807, 2.05) is 0 Å². The van der Waals surface area contributed by atoms with Gasteiger partial charge in [0.2, 0.25) is 0 Å². The van der Waals surface area contributed by atoms with Crippen LogP contribution in [0, 0.1) is 10.1 Å². The van der Waals surface area contributed by atoms with Crippen LogP contribution in [-0.2, 0) is 6.54 Å². The molecule has 7 nitrogen and oxygen atoms in total. The van der Waals surface area contributed by atoms with Crippen LogP contribution in [0.1, 0.15) is 4.88 Å². The van der Waals surface area contributed by atoms with Crippen LogP contribution in [0.15, 0.2) is 30.6 Å². The molecule has 0 saturated heterocycles. The molecule has 0 fully saturated rings. The van der Waals surface area contributed by atoms with Crippen LogP contribution in [0.2, 0.25) is 0 Å². The van der Waals surface area contributed by atoms with Crippen molar-refractivity contribution in [2.45, 2.75) is 6.54 Å². The van der Waals surface area contributed by atoms with E-state index in [0.29, 0.717) is 11.7 Å². The maximum Gasteiger partial charge on any atom is 0.271 e. The van der Waals surface area contributed by atoms with Gasteiger partial charge in [-0.2, -0.15) is 5.10 Å². The lowest BCUT2D eigenvalue weighted by Gasteiger charge is -2.00. The Labute approximate surface area is 111 Å². The smallest absolute Gasteiger partial charge is 0.271 e. The zero-order valence-corrected chi connectivity index (χ0v) is 10.5. The number of fused-ring (bicyclic) bond motifs is 1. The molecule has 0 saturated carbocycles. The van der Waals surface area contributed by atoms with Crippen molar-refractivity contribution in [2.24, 2.45) is 0 Å². The van der Waals surface area contributed by atoms with E-state index in [-0.39, 0.29) is 5.69 Å². The van der Waals surface area contributed by atoms with E-state index in [4.69, 9.17) is 5.73 Å². The van der Waals surface area contributed by atoms with Gasteiger partial charge in [-0.1, -0.05) is 0 Å². The Morgan fingerprint density at radius 3 is 2.95 bits per heavy atom. The maximum atomic E-state index is 10.8. The van der Waals surface area contributed by atoms with Crippen molar-refractivity contribution in [1.82, 2.24) is 14.8 Å². The van der Waals surface area contributed by atoms with Crippen molar-refractivity contribution >= 4 is 33.1 Å². The van der Waals surface area contributed by atoms with Gasteiger partial charge in [0.05, 0.1) is 23.2 Å². The Morgan fingerprint density at radius 1 is 1.42 bits per heavy atom. The number of aromatic nitrogens is 3. The number of benzene rings is 1. The molecule has 96 valence electrons. The van der Waals surface area contributed by atoms with Crippen molar-refractivity contribution in [1.29, 1.82) is 0 Å². The van der Waals surface area contributed by atoms with Crippen LogP contribution in [0.5, 0.6) is 0 Å². The molecule has 0 aliphatic carbocycles. The van der Waals surface area contributed by atoms with Crippen molar-refractivity contribution < 1.29 is 4.92 Å². The number of hydrogen-bond acceptors (Lipinski definition) is 6. The molecule has 0 radical (unpaired) electrons. The molecule has 0 aliphatic heterocycles. The lowest BCUT2D eigenvalue weighted by molar-refractivity contribution is -0.384. The number of nitro groups is 1. The number of anilines is 1. The third kappa shape index (κ3) is 2.13. The predicted octanol–water partition coefficient (Wildman–Crippen LogP) is 2.03. The number of non-ortho nitro benzene ring substituents is 1. The molecule has 2 N–H and O–H groups in total. The summed E-state index contributed by atoms with van der Waals surface area (Å²) in [7, 11) is 0. The molecule has 8 heteroatoms. The highest BCUT2D eigenvalue weighted by atomic mass is 32.1. The minimum absolute atomic E-state index is 0.0538. The van der Waals surface area contributed by atoms with Crippen molar-refractivity contribution in [3.8, 4) is 0 Å². The van der Waals surface area contributed by atoms with Crippen LogP contribution in [0.3, 0.4) is 0 Å². The van der Waals surface area contributed by atoms with Crippen molar-refractivity contribution in [3.05, 3.63) is 45.6 Å². The average molecular weight is 275 g/mol. The molecule has 3 aromatic rings. The van der Waals surface area contributed by atoms with Crippen LogP contribution in [0.25, 0.3) is 10.9 Å². The van der Waals surface area contributed by atoms with Gasteiger partial charge in [0.25, 0.3) is 5.69 Å². The normalized spacial score (nSPS) is 10.9. The molecular formula is C11H9N5O2S. The fraction of sp³-hybridized carbons (Fsp3) is 0.0909. The van der Waals surface area contributed by atoms with Crippen LogP contribution in [0.4, 0.5) is 10.8 Å². The van der Waals surface area contributed by atoms with Crippen molar-refractivity contribution in [3.63, 3.8) is 0 Å². The molecule has 0 aliphatic rings. The third-order valence-electron chi connectivity index (χ3n) is 2.72. The van der Waals surface area contributed by atoms with Gasteiger partial charge in [0.15, 0.2) is 5.13 Å². The third-order valence-corrected chi connectivity index (χ3v) is 3.53. The van der Waals surface area contributed by atoms with Gasteiger partial charge in [0.1, 0.15) is 0 Å². The molecule has 0 bridgehead atoms. The Bertz CT molecular complexity index is 763. The van der Waals surface area contributed by atoms with E-state index in [1.165, 1.54) is 23.5 Å². The molecule has 0 unspecified atom stereocenters. The fourth-order valence-electron chi connectivity index (χ4n) is 1.84. The lowest BCUT2D eigenvalue weighted by atomic mass is 10.2. The van der Waals surface area contributed by atoms with Crippen LogP contribution >= 0.6 is 11.3 Å². The predicted molar refractivity (Wildman–Crippen MR) is 72.0 cm³/mol. The summed E-state index contributed by atoms with van der Waals surface area (Å²) in [6.45, 7) is 0.500. The molecule has 2 heterocycles. The quantitative estimate of drug-likeness (QED) is 0.582. The standard InChI is InChI=1S/C11H9N5O2S/c12-11-13-5-9(19-11)6-15-10-3-8(16(17)18)2-1-7(10)4-14-15/h1-5H,6H2,(H2,12,13). The van der Waals surface area contributed by atoms with E-state index in [1.54, 1.807) is 23.1 Å². The van der Waals surface area contributed by atoms with Crippen molar-refractivity contribution in [2.75, 3.05) is 5.73 Å². The number of nitrogen functional groups attached to an aromatic ring is 1. The highest BCUT2D eigenvalue weighted by molar-refractivity contribution is 7.15. The Kier molecular flexibility index (Phi) is 2.64. The van der Waals surface area contributed by atoms with Gasteiger partial charge in [-0.05, 0) is 6.07 Å². The first-order valence-corrected chi connectivity index (χ1v) is 6.25. The van der Waals surface area contributed by atoms with Gasteiger partial charge >= 0.3 is 0 Å². The van der Waals surface area contributed by atoms with E-state index in [2.05, 4.69) is 10.1 Å². The number of nitro benzene ring substituents is 1. The van der Waals surface area contributed by atoms with Gasteiger partial charge in [-0.25, -0.2) is 4.98 Å².